The highest BCUT2D eigenvalue weighted by Gasteiger charge is 2.15. The largest absolute Gasteiger partial charge is 0.294 e. The molecule has 0 unspecified atom stereocenters. The topological polar surface area (TPSA) is 17.1 Å². The summed E-state index contributed by atoms with van der Waals surface area (Å²) in [6.45, 7) is 0. The van der Waals surface area contributed by atoms with Crippen LogP contribution in [0, 0.1) is 0 Å². The summed E-state index contributed by atoms with van der Waals surface area (Å²) in [6.07, 6.45) is -0.394. The van der Waals surface area contributed by atoms with Crippen LogP contribution in [0.5, 0.6) is 0 Å². The van der Waals surface area contributed by atoms with E-state index in [1.807, 2.05) is 6.26 Å². The van der Waals surface area contributed by atoms with Gasteiger partial charge in [-0.25, -0.2) is 8.78 Å². The molecule has 0 fully saturated rings. The van der Waals surface area contributed by atoms with Crippen LogP contribution in [0.4, 0.5) is 8.78 Å². The van der Waals surface area contributed by atoms with Crippen LogP contribution in [0.2, 0.25) is 0 Å². The molecule has 1 aromatic rings. The summed E-state index contributed by atoms with van der Waals surface area (Å²) in [4.78, 5) is 12.5. The Bertz CT molecular complexity index is 382. The van der Waals surface area contributed by atoms with Gasteiger partial charge in [-0.3, -0.25) is 4.79 Å². The molecule has 0 aliphatic carbocycles. The summed E-state index contributed by atoms with van der Waals surface area (Å²) < 4.78 is 25.0. The van der Waals surface area contributed by atoms with Crippen LogP contribution < -0.4 is 0 Å². The first-order valence-electron chi connectivity index (χ1n) is 4.65. The van der Waals surface area contributed by atoms with Gasteiger partial charge in [0.05, 0.1) is 0 Å². The lowest BCUT2D eigenvalue weighted by Gasteiger charge is -2.08. The highest BCUT2D eigenvalue weighted by atomic mass is 79.9. The maximum absolute atomic E-state index is 12.5. The van der Waals surface area contributed by atoms with Crippen molar-refractivity contribution in [2.75, 3.05) is 11.6 Å². The molecular formula is C11H11BrF2OS. The number of benzene rings is 1. The Morgan fingerprint density at radius 3 is 2.69 bits per heavy atom. The molecule has 0 spiro atoms. The van der Waals surface area contributed by atoms with E-state index in [1.54, 1.807) is 6.07 Å². The molecule has 0 bridgehead atoms. The number of thioether (sulfide) groups is 1. The van der Waals surface area contributed by atoms with Crippen LogP contribution in [0.3, 0.4) is 0 Å². The van der Waals surface area contributed by atoms with Gasteiger partial charge in [-0.05, 0) is 18.4 Å². The summed E-state index contributed by atoms with van der Waals surface area (Å²) in [6, 6.07) is 4.23. The van der Waals surface area contributed by atoms with Crippen LogP contribution in [0.1, 0.15) is 28.8 Å². The third-order valence-corrected chi connectivity index (χ3v) is 3.29. The molecule has 88 valence electrons. The Kier molecular flexibility index (Phi) is 5.41. The lowest BCUT2D eigenvalue weighted by molar-refractivity contribution is 0.0986. The van der Waals surface area contributed by atoms with Crippen LogP contribution in [-0.2, 0) is 0 Å². The molecular weight excluding hydrogens is 298 g/mol. The molecule has 0 radical (unpaired) electrons. The zero-order valence-electron chi connectivity index (χ0n) is 8.67. The second-order valence-electron chi connectivity index (χ2n) is 3.12. The Balaban J connectivity index is 3.11. The van der Waals surface area contributed by atoms with E-state index in [4.69, 9.17) is 0 Å². The number of carbonyl (C=O) groups excluding carboxylic acids is 1. The fraction of sp³-hybridized carbons (Fsp3) is 0.364. The fourth-order valence-electron chi connectivity index (χ4n) is 1.30. The number of ketones is 1. The van der Waals surface area contributed by atoms with E-state index in [-0.39, 0.29) is 11.3 Å². The maximum atomic E-state index is 12.5. The molecule has 0 aliphatic rings. The van der Waals surface area contributed by atoms with Gasteiger partial charge in [0.2, 0.25) is 0 Å². The normalized spacial score (nSPS) is 10.8. The van der Waals surface area contributed by atoms with Gasteiger partial charge < -0.3 is 0 Å². The first-order chi connectivity index (χ1) is 7.60. The lowest BCUT2D eigenvalue weighted by Crippen LogP contribution is -2.03. The van der Waals surface area contributed by atoms with Crippen molar-refractivity contribution < 1.29 is 13.6 Å². The second-order valence-corrected chi connectivity index (χ2v) is 4.76. The van der Waals surface area contributed by atoms with Gasteiger partial charge in [0.15, 0.2) is 5.78 Å². The summed E-state index contributed by atoms with van der Waals surface area (Å²) >= 11 is 4.55. The van der Waals surface area contributed by atoms with E-state index in [0.717, 1.165) is 4.90 Å². The minimum atomic E-state index is -2.54. The van der Waals surface area contributed by atoms with Crippen molar-refractivity contribution in [3.8, 4) is 0 Å². The molecule has 0 amide bonds. The first-order valence-corrected chi connectivity index (χ1v) is 7.00. The average Bonchev–Trinajstić information content (AvgIpc) is 2.28. The van der Waals surface area contributed by atoms with E-state index in [9.17, 15) is 13.6 Å². The maximum Gasteiger partial charge on any atom is 0.263 e. The van der Waals surface area contributed by atoms with Crippen LogP contribution in [-0.4, -0.2) is 17.4 Å². The third-order valence-electron chi connectivity index (χ3n) is 2.10. The predicted octanol–water partition coefficient (Wildman–Crippen LogP) is 4.31. The van der Waals surface area contributed by atoms with Crippen molar-refractivity contribution in [1.82, 2.24) is 0 Å². The quantitative estimate of drug-likeness (QED) is 0.458. The van der Waals surface area contributed by atoms with Gasteiger partial charge in [-0.2, -0.15) is 0 Å². The number of carbonyl (C=O) groups is 1. The van der Waals surface area contributed by atoms with E-state index in [0.29, 0.717) is 17.3 Å². The third kappa shape index (κ3) is 3.28. The molecule has 1 aromatic carbocycles. The minimum Gasteiger partial charge on any atom is -0.294 e. The number of hydrogen-bond acceptors (Lipinski definition) is 2. The molecule has 0 saturated carbocycles. The van der Waals surface area contributed by atoms with Crippen LogP contribution in [0.25, 0.3) is 0 Å². The zero-order valence-corrected chi connectivity index (χ0v) is 11.1. The van der Waals surface area contributed by atoms with Crippen LogP contribution >= 0.6 is 27.7 Å². The van der Waals surface area contributed by atoms with Crippen molar-refractivity contribution in [3.63, 3.8) is 0 Å². The monoisotopic (exact) mass is 308 g/mol. The summed E-state index contributed by atoms with van der Waals surface area (Å²) in [5, 5.41) is 0.540. The molecule has 0 aromatic heterocycles. The minimum absolute atomic E-state index is 0.101. The van der Waals surface area contributed by atoms with Crippen molar-refractivity contribution in [3.05, 3.63) is 29.3 Å². The molecule has 0 aliphatic heterocycles. The molecule has 0 atom stereocenters. The predicted molar refractivity (Wildman–Crippen MR) is 65.9 cm³/mol. The number of hydrogen-bond donors (Lipinski definition) is 0. The number of alkyl halides is 3. The molecule has 0 heterocycles. The van der Waals surface area contributed by atoms with Gasteiger partial charge in [0.25, 0.3) is 6.43 Å². The van der Waals surface area contributed by atoms with E-state index in [2.05, 4.69) is 15.9 Å². The summed E-state index contributed by atoms with van der Waals surface area (Å²) in [5.74, 6) is -0.108. The number of Topliss-reactive ketones (excluding diaryl/α,β-unsaturated/α-hetero) is 1. The molecule has 1 rings (SSSR count). The Morgan fingerprint density at radius 1 is 1.50 bits per heavy atom. The Hall–Kier alpha value is -0.420. The first kappa shape index (κ1) is 13.6. The van der Waals surface area contributed by atoms with Crippen molar-refractivity contribution >= 4 is 33.5 Å². The zero-order chi connectivity index (χ0) is 12.1. The summed E-state index contributed by atoms with van der Waals surface area (Å²) in [5.41, 5.74) is 0.292. The standard InChI is InChI=1S/C11H11BrF2OS/c1-16-10-3-2-7(11(13)14)6-8(10)9(15)4-5-12/h2-3,6,11H,4-5H2,1H3. The second kappa shape index (κ2) is 6.35. The van der Waals surface area contributed by atoms with Gasteiger partial charge >= 0.3 is 0 Å². The van der Waals surface area contributed by atoms with Gasteiger partial charge in [-0.15, -0.1) is 11.8 Å². The lowest BCUT2D eigenvalue weighted by atomic mass is 10.1. The van der Waals surface area contributed by atoms with E-state index >= 15 is 0 Å². The highest BCUT2D eigenvalue weighted by molar-refractivity contribution is 9.09. The molecule has 16 heavy (non-hydrogen) atoms. The molecule has 1 nitrogen and oxygen atoms in total. The van der Waals surface area contributed by atoms with E-state index in [1.165, 1.54) is 23.9 Å². The number of rotatable bonds is 5. The van der Waals surface area contributed by atoms with Gasteiger partial charge in [0.1, 0.15) is 0 Å². The fourth-order valence-corrected chi connectivity index (χ4v) is 2.26. The number of halogens is 3. The Labute approximate surface area is 106 Å². The van der Waals surface area contributed by atoms with Crippen molar-refractivity contribution in [2.45, 2.75) is 17.7 Å². The average molecular weight is 309 g/mol. The Morgan fingerprint density at radius 2 is 2.19 bits per heavy atom. The van der Waals surface area contributed by atoms with Crippen LogP contribution in [0.15, 0.2) is 23.1 Å². The summed E-state index contributed by atoms with van der Waals surface area (Å²) in [7, 11) is 0. The SMILES string of the molecule is CSc1ccc(C(F)F)cc1C(=O)CCBr. The van der Waals surface area contributed by atoms with E-state index < -0.39 is 6.43 Å². The smallest absolute Gasteiger partial charge is 0.263 e. The van der Waals surface area contributed by atoms with Crippen molar-refractivity contribution in [2.24, 2.45) is 0 Å². The molecule has 5 heteroatoms. The highest BCUT2D eigenvalue weighted by Crippen LogP contribution is 2.27. The van der Waals surface area contributed by atoms with Gasteiger partial charge in [-0.1, -0.05) is 22.0 Å². The molecule has 0 N–H and O–H groups in total. The van der Waals surface area contributed by atoms with Crippen molar-refractivity contribution in [1.29, 1.82) is 0 Å². The van der Waals surface area contributed by atoms with Gasteiger partial charge in [0, 0.05) is 27.8 Å². The molecule has 0 saturated heterocycles.